The van der Waals surface area contributed by atoms with E-state index in [1.54, 1.807) is 4.31 Å². The molecule has 0 amide bonds. The summed E-state index contributed by atoms with van der Waals surface area (Å²) in [7, 11) is -3.07. The van der Waals surface area contributed by atoms with Gasteiger partial charge in [0.25, 0.3) is 0 Å². The van der Waals surface area contributed by atoms with E-state index in [4.69, 9.17) is 0 Å². The van der Waals surface area contributed by atoms with Crippen molar-refractivity contribution in [3.8, 4) is 0 Å². The van der Waals surface area contributed by atoms with Crippen molar-refractivity contribution in [2.45, 2.75) is 51.6 Å². The highest BCUT2D eigenvalue weighted by Crippen LogP contribution is 2.30. The van der Waals surface area contributed by atoms with Crippen LogP contribution in [0.4, 0.5) is 0 Å². The zero-order valence-electron chi connectivity index (χ0n) is 10.9. The first kappa shape index (κ1) is 13.3. The first-order valence-corrected chi connectivity index (χ1v) is 8.33. The summed E-state index contributed by atoms with van der Waals surface area (Å²) in [6.07, 6.45) is 4.20. The fourth-order valence-corrected chi connectivity index (χ4v) is 4.64. The summed E-state index contributed by atoms with van der Waals surface area (Å²) in [5, 5.41) is 3.27. The maximum absolute atomic E-state index is 12.4. The van der Waals surface area contributed by atoms with Crippen molar-refractivity contribution < 1.29 is 8.42 Å². The van der Waals surface area contributed by atoms with Crippen LogP contribution in [0.3, 0.4) is 0 Å². The van der Waals surface area contributed by atoms with Crippen LogP contribution in [-0.4, -0.2) is 43.6 Å². The largest absolute Gasteiger partial charge is 0.313 e. The van der Waals surface area contributed by atoms with Crippen molar-refractivity contribution in [2.24, 2.45) is 5.92 Å². The Morgan fingerprint density at radius 3 is 2.47 bits per heavy atom. The van der Waals surface area contributed by atoms with E-state index in [0.717, 1.165) is 32.2 Å². The second-order valence-corrected chi connectivity index (χ2v) is 7.73. The average molecular weight is 260 g/mol. The minimum absolute atomic E-state index is 0.174. The van der Waals surface area contributed by atoms with Gasteiger partial charge in [0.2, 0.25) is 10.0 Å². The SMILES string of the molecule is CC(C)CN(C1CC1)S(=O)(=O)CC1CCCN1. The number of nitrogens with one attached hydrogen (secondary N) is 1. The minimum atomic E-state index is -3.07. The second kappa shape index (κ2) is 5.24. The predicted octanol–water partition coefficient (Wildman–Crippen LogP) is 1.19. The molecule has 2 rings (SSSR count). The van der Waals surface area contributed by atoms with Gasteiger partial charge in [0.05, 0.1) is 5.75 Å². The monoisotopic (exact) mass is 260 g/mol. The average Bonchev–Trinajstić information content (AvgIpc) is 2.94. The van der Waals surface area contributed by atoms with Gasteiger partial charge in [-0.2, -0.15) is 4.31 Å². The standard InChI is InChI=1S/C12H24N2O2S/c1-10(2)8-14(12-5-6-12)17(15,16)9-11-4-3-7-13-11/h10-13H,3-9H2,1-2H3. The van der Waals surface area contributed by atoms with Gasteiger partial charge < -0.3 is 5.32 Å². The van der Waals surface area contributed by atoms with Crippen LogP contribution in [0.25, 0.3) is 0 Å². The molecule has 1 saturated heterocycles. The van der Waals surface area contributed by atoms with E-state index in [1.807, 2.05) is 0 Å². The van der Waals surface area contributed by atoms with Gasteiger partial charge in [0.15, 0.2) is 0 Å². The second-order valence-electron chi connectivity index (χ2n) is 5.77. The number of hydrogen-bond donors (Lipinski definition) is 1. The zero-order valence-corrected chi connectivity index (χ0v) is 11.7. The Labute approximate surface area is 105 Å². The Kier molecular flexibility index (Phi) is 4.10. The Bertz CT molecular complexity index is 344. The van der Waals surface area contributed by atoms with Crippen LogP contribution >= 0.6 is 0 Å². The molecule has 2 fully saturated rings. The molecular formula is C12H24N2O2S. The molecule has 1 aliphatic heterocycles. The van der Waals surface area contributed by atoms with E-state index in [-0.39, 0.29) is 11.8 Å². The van der Waals surface area contributed by atoms with Gasteiger partial charge in [-0.15, -0.1) is 0 Å². The van der Waals surface area contributed by atoms with E-state index < -0.39 is 10.0 Å². The van der Waals surface area contributed by atoms with Gasteiger partial charge in [0.1, 0.15) is 0 Å². The quantitative estimate of drug-likeness (QED) is 0.780. The maximum atomic E-state index is 12.4. The minimum Gasteiger partial charge on any atom is -0.313 e. The van der Waals surface area contributed by atoms with Crippen LogP contribution in [-0.2, 0) is 10.0 Å². The molecule has 0 bridgehead atoms. The zero-order chi connectivity index (χ0) is 12.5. The fourth-order valence-electron chi connectivity index (χ4n) is 2.46. The summed E-state index contributed by atoms with van der Waals surface area (Å²) in [6.45, 7) is 5.81. The third kappa shape index (κ3) is 3.66. The lowest BCUT2D eigenvalue weighted by atomic mass is 10.2. The van der Waals surface area contributed by atoms with Gasteiger partial charge in [-0.25, -0.2) is 8.42 Å². The van der Waals surface area contributed by atoms with Crippen LogP contribution in [0.2, 0.25) is 0 Å². The highest BCUT2D eigenvalue weighted by molar-refractivity contribution is 7.89. The van der Waals surface area contributed by atoms with Crippen LogP contribution in [0, 0.1) is 5.92 Å². The lowest BCUT2D eigenvalue weighted by Crippen LogP contribution is -2.42. The molecule has 0 aromatic rings. The van der Waals surface area contributed by atoms with E-state index in [1.165, 1.54) is 0 Å². The highest BCUT2D eigenvalue weighted by atomic mass is 32.2. The molecule has 100 valence electrons. The van der Waals surface area contributed by atoms with Gasteiger partial charge >= 0.3 is 0 Å². The topological polar surface area (TPSA) is 49.4 Å². The van der Waals surface area contributed by atoms with E-state index in [2.05, 4.69) is 19.2 Å². The van der Waals surface area contributed by atoms with Crippen molar-refractivity contribution in [3.63, 3.8) is 0 Å². The number of rotatable bonds is 6. The molecule has 1 aliphatic carbocycles. The molecule has 0 aromatic carbocycles. The summed E-state index contributed by atoms with van der Waals surface area (Å²) in [5.41, 5.74) is 0. The van der Waals surface area contributed by atoms with E-state index in [0.29, 0.717) is 18.5 Å². The Hall–Kier alpha value is -0.130. The molecule has 1 heterocycles. The molecule has 0 spiro atoms. The van der Waals surface area contributed by atoms with Crippen LogP contribution < -0.4 is 5.32 Å². The molecule has 0 radical (unpaired) electrons. The summed E-state index contributed by atoms with van der Waals surface area (Å²) < 4.78 is 26.5. The Morgan fingerprint density at radius 2 is 2.00 bits per heavy atom. The molecule has 1 N–H and O–H groups in total. The fraction of sp³-hybridized carbons (Fsp3) is 1.00. The van der Waals surface area contributed by atoms with Gasteiger partial charge in [-0.05, 0) is 38.1 Å². The lowest BCUT2D eigenvalue weighted by molar-refractivity contribution is 0.358. The molecule has 2 aliphatic rings. The number of nitrogens with zero attached hydrogens (tertiary/aromatic N) is 1. The normalized spacial score (nSPS) is 26.0. The van der Waals surface area contributed by atoms with Crippen LogP contribution in [0.5, 0.6) is 0 Å². The lowest BCUT2D eigenvalue weighted by Gasteiger charge is -2.25. The summed E-state index contributed by atoms with van der Waals surface area (Å²) in [4.78, 5) is 0. The molecule has 4 nitrogen and oxygen atoms in total. The smallest absolute Gasteiger partial charge is 0.215 e. The molecule has 0 aromatic heterocycles. The molecule has 17 heavy (non-hydrogen) atoms. The first-order chi connectivity index (χ1) is 7.99. The Morgan fingerprint density at radius 1 is 1.29 bits per heavy atom. The van der Waals surface area contributed by atoms with Crippen molar-refractivity contribution >= 4 is 10.0 Å². The van der Waals surface area contributed by atoms with Crippen molar-refractivity contribution in [3.05, 3.63) is 0 Å². The van der Waals surface area contributed by atoms with Crippen molar-refractivity contribution in [1.29, 1.82) is 0 Å². The predicted molar refractivity (Wildman–Crippen MR) is 69.4 cm³/mol. The van der Waals surface area contributed by atoms with Crippen molar-refractivity contribution in [2.75, 3.05) is 18.8 Å². The third-order valence-corrected chi connectivity index (χ3v) is 5.42. The van der Waals surface area contributed by atoms with Crippen molar-refractivity contribution in [1.82, 2.24) is 9.62 Å². The van der Waals surface area contributed by atoms with E-state index in [9.17, 15) is 8.42 Å². The summed E-state index contributed by atoms with van der Waals surface area (Å²) in [6, 6.07) is 0.470. The van der Waals surface area contributed by atoms with E-state index >= 15 is 0 Å². The molecule has 1 saturated carbocycles. The maximum Gasteiger partial charge on any atom is 0.215 e. The molecular weight excluding hydrogens is 236 g/mol. The summed E-state index contributed by atoms with van der Waals surface area (Å²) in [5.74, 6) is 0.692. The van der Waals surface area contributed by atoms with Crippen LogP contribution in [0.15, 0.2) is 0 Å². The number of hydrogen-bond acceptors (Lipinski definition) is 3. The first-order valence-electron chi connectivity index (χ1n) is 6.72. The molecule has 5 heteroatoms. The highest BCUT2D eigenvalue weighted by Gasteiger charge is 2.38. The molecule has 1 unspecified atom stereocenters. The molecule has 1 atom stereocenters. The third-order valence-electron chi connectivity index (χ3n) is 3.43. The van der Waals surface area contributed by atoms with Gasteiger partial charge in [0, 0.05) is 18.6 Å². The number of sulfonamides is 1. The van der Waals surface area contributed by atoms with Crippen LogP contribution in [0.1, 0.15) is 39.5 Å². The Balaban J connectivity index is 1.99. The van der Waals surface area contributed by atoms with Gasteiger partial charge in [-0.3, -0.25) is 0 Å². The summed E-state index contributed by atoms with van der Waals surface area (Å²) >= 11 is 0. The van der Waals surface area contributed by atoms with Gasteiger partial charge in [-0.1, -0.05) is 13.8 Å².